The first-order valence-electron chi connectivity index (χ1n) is 7.54. The van der Waals surface area contributed by atoms with E-state index in [-0.39, 0.29) is 5.54 Å². The van der Waals surface area contributed by atoms with E-state index in [4.69, 9.17) is 4.98 Å². The first-order valence-corrected chi connectivity index (χ1v) is 8.36. The number of aromatic nitrogens is 1. The SMILES string of the molecule is CC(C)NC1(c2nc3c(s2)CCC3)CCN(C)CC1. The predicted molar refractivity (Wildman–Crippen MR) is 80.8 cm³/mol. The van der Waals surface area contributed by atoms with Crippen molar-refractivity contribution in [2.45, 2.75) is 57.5 Å². The summed E-state index contributed by atoms with van der Waals surface area (Å²) in [6.45, 7) is 6.84. The fourth-order valence-electron chi connectivity index (χ4n) is 3.37. The summed E-state index contributed by atoms with van der Waals surface area (Å²) in [7, 11) is 2.22. The van der Waals surface area contributed by atoms with Crippen LogP contribution in [0.1, 0.15) is 48.7 Å². The minimum absolute atomic E-state index is 0.135. The highest BCUT2D eigenvalue weighted by molar-refractivity contribution is 7.12. The smallest absolute Gasteiger partial charge is 0.113 e. The summed E-state index contributed by atoms with van der Waals surface area (Å²) in [4.78, 5) is 8.99. The second-order valence-electron chi connectivity index (χ2n) is 6.43. The molecule has 4 heteroatoms. The summed E-state index contributed by atoms with van der Waals surface area (Å²) in [6, 6.07) is 0.516. The highest BCUT2D eigenvalue weighted by Crippen LogP contribution is 2.39. The minimum atomic E-state index is 0.135. The van der Waals surface area contributed by atoms with E-state index in [0.717, 1.165) is 0 Å². The van der Waals surface area contributed by atoms with Crippen LogP contribution < -0.4 is 5.32 Å². The van der Waals surface area contributed by atoms with Gasteiger partial charge in [-0.15, -0.1) is 11.3 Å². The van der Waals surface area contributed by atoms with Crippen LogP contribution in [0, 0.1) is 0 Å². The van der Waals surface area contributed by atoms with Crippen LogP contribution in [0.2, 0.25) is 0 Å². The van der Waals surface area contributed by atoms with Gasteiger partial charge in [-0.1, -0.05) is 0 Å². The van der Waals surface area contributed by atoms with Crippen LogP contribution in [-0.4, -0.2) is 36.1 Å². The van der Waals surface area contributed by atoms with Gasteiger partial charge in [-0.05, 0) is 53.0 Å². The standard InChI is InChI=1S/C15H25N3S/c1-11(2)17-15(7-9-18(3)10-8-15)14-16-12-5-4-6-13(12)19-14/h11,17H,4-10H2,1-3H3. The molecule has 0 atom stereocenters. The number of likely N-dealkylation sites (tertiary alicyclic amines) is 1. The summed E-state index contributed by atoms with van der Waals surface area (Å²) >= 11 is 1.98. The molecular weight excluding hydrogens is 254 g/mol. The van der Waals surface area contributed by atoms with Gasteiger partial charge in [-0.25, -0.2) is 4.98 Å². The Bertz CT molecular complexity index is 423. The number of rotatable bonds is 3. The van der Waals surface area contributed by atoms with Gasteiger partial charge in [0.1, 0.15) is 5.01 Å². The minimum Gasteiger partial charge on any atom is -0.306 e. The van der Waals surface area contributed by atoms with Crippen molar-refractivity contribution in [3.05, 3.63) is 15.6 Å². The van der Waals surface area contributed by atoms with E-state index in [1.54, 1.807) is 4.88 Å². The molecule has 1 aromatic heterocycles. The van der Waals surface area contributed by atoms with Crippen LogP contribution in [0.3, 0.4) is 0 Å². The third-order valence-electron chi connectivity index (χ3n) is 4.41. The van der Waals surface area contributed by atoms with Gasteiger partial charge in [0.25, 0.3) is 0 Å². The van der Waals surface area contributed by atoms with Crippen LogP contribution >= 0.6 is 11.3 Å². The third-order valence-corrected chi connectivity index (χ3v) is 5.77. The van der Waals surface area contributed by atoms with Crippen molar-refractivity contribution in [1.29, 1.82) is 0 Å². The van der Waals surface area contributed by atoms with Crippen molar-refractivity contribution < 1.29 is 0 Å². The predicted octanol–water partition coefficient (Wildman–Crippen LogP) is 2.55. The average molecular weight is 279 g/mol. The molecule has 2 aliphatic rings. The van der Waals surface area contributed by atoms with Gasteiger partial charge in [0.2, 0.25) is 0 Å². The molecule has 0 saturated carbocycles. The van der Waals surface area contributed by atoms with Gasteiger partial charge >= 0.3 is 0 Å². The lowest BCUT2D eigenvalue weighted by Gasteiger charge is -2.41. The maximum atomic E-state index is 5.00. The Balaban J connectivity index is 1.89. The van der Waals surface area contributed by atoms with Crippen LogP contribution in [0.25, 0.3) is 0 Å². The number of nitrogens with one attached hydrogen (secondary N) is 1. The van der Waals surface area contributed by atoms with Crippen molar-refractivity contribution in [2.75, 3.05) is 20.1 Å². The zero-order chi connectivity index (χ0) is 13.5. The first kappa shape index (κ1) is 13.5. The van der Waals surface area contributed by atoms with Crippen LogP contribution in [0.4, 0.5) is 0 Å². The van der Waals surface area contributed by atoms with E-state index < -0.39 is 0 Å². The summed E-state index contributed by atoms with van der Waals surface area (Å²) in [5.41, 5.74) is 1.53. The molecule has 1 saturated heterocycles. The highest BCUT2D eigenvalue weighted by atomic mass is 32.1. The summed E-state index contributed by atoms with van der Waals surface area (Å²) in [6.07, 6.45) is 6.14. The molecule has 3 nitrogen and oxygen atoms in total. The van der Waals surface area contributed by atoms with Gasteiger partial charge in [0.15, 0.2) is 0 Å². The molecule has 0 amide bonds. The Hall–Kier alpha value is -0.450. The number of piperidine rings is 1. The van der Waals surface area contributed by atoms with Gasteiger partial charge < -0.3 is 10.2 Å². The summed E-state index contributed by atoms with van der Waals surface area (Å²) in [5, 5.41) is 5.20. The Labute approximate surface area is 120 Å². The lowest BCUT2D eigenvalue weighted by Crippen LogP contribution is -2.52. The summed E-state index contributed by atoms with van der Waals surface area (Å²) in [5.74, 6) is 0. The van der Waals surface area contributed by atoms with Crippen LogP contribution in [0.5, 0.6) is 0 Å². The van der Waals surface area contributed by atoms with Gasteiger partial charge in [-0.3, -0.25) is 0 Å². The molecule has 1 aliphatic heterocycles. The van der Waals surface area contributed by atoms with E-state index in [1.165, 1.54) is 55.9 Å². The fraction of sp³-hybridized carbons (Fsp3) is 0.800. The van der Waals surface area contributed by atoms with E-state index in [2.05, 4.69) is 31.1 Å². The van der Waals surface area contributed by atoms with Crippen molar-refractivity contribution in [1.82, 2.24) is 15.2 Å². The van der Waals surface area contributed by atoms with E-state index >= 15 is 0 Å². The zero-order valence-electron chi connectivity index (χ0n) is 12.3. The maximum absolute atomic E-state index is 5.00. The molecule has 0 bridgehead atoms. The molecule has 106 valence electrons. The third kappa shape index (κ3) is 2.58. The lowest BCUT2D eigenvalue weighted by molar-refractivity contribution is 0.147. The van der Waals surface area contributed by atoms with Crippen molar-refractivity contribution >= 4 is 11.3 Å². The second-order valence-corrected chi connectivity index (χ2v) is 7.51. The van der Waals surface area contributed by atoms with Crippen LogP contribution in [-0.2, 0) is 18.4 Å². The number of nitrogens with zero attached hydrogens (tertiary/aromatic N) is 2. The van der Waals surface area contributed by atoms with Crippen molar-refractivity contribution in [2.24, 2.45) is 0 Å². The molecule has 1 N–H and O–H groups in total. The molecule has 1 aliphatic carbocycles. The Morgan fingerprint density at radius 1 is 1.26 bits per heavy atom. The van der Waals surface area contributed by atoms with Gasteiger partial charge in [0, 0.05) is 24.0 Å². The number of thiazole rings is 1. The first-order chi connectivity index (χ1) is 9.09. The molecule has 1 fully saturated rings. The largest absolute Gasteiger partial charge is 0.306 e. The molecule has 0 radical (unpaired) electrons. The second kappa shape index (κ2) is 5.15. The monoisotopic (exact) mass is 279 g/mol. The Morgan fingerprint density at radius 2 is 2.00 bits per heavy atom. The Kier molecular flexibility index (Phi) is 3.67. The van der Waals surface area contributed by atoms with Gasteiger partial charge in [0.05, 0.1) is 11.2 Å². The van der Waals surface area contributed by atoms with E-state index in [0.29, 0.717) is 6.04 Å². The topological polar surface area (TPSA) is 28.2 Å². The molecule has 1 aromatic rings. The molecule has 19 heavy (non-hydrogen) atoms. The zero-order valence-corrected chi connectivity index (χ0v) is 13.1. The van der Waals surface area contributed by atoms with Gasteiger partial charge in [-0.2, -0.15) is 0 Å². The molecule has 2 heterocycles. The molecule has 3 rings (SSSR count). The molecular formula is C15H25N3S. The van der Waals surface area contributed by atoms with Crippen molar-refractivity contribution in [3.8, 4) is 0 Å². The summed E-state index contributed by atoms with van der Waals surface area (Å²) < 4.78 is 0. The number of hydrogen-bond acceptors (Lipinski definition) is 4. The number of hydrogen-bond donors (Lipinski definition) is 1. The van der Waals surface area contributed by atoms with Crippen LogP contribution in [0.15, 0.2) is 0 Å². The maximum Gasteiger partial charge on any atom is 0.113 e. The Morgan fingerprint density at radius 3 is 2.63 bits per heavy atom. The van der Waals surface area contributed by atoms with E-state index in [1.807, 2.05) is 11.3 Å². The van der Waals surface area contributed by atoms with E-state index in [9.17, 15) is 0 Å². The molecule has 0 aromatic carbocycles. The molecule has 0 unspecified atom stereocenters. The highest BCUT2D eigenvalue weighted by Gasteiger charge is 2.39. The normalized spacial score (nSPS) is 22.9. The lowest BCUT2D eigenvalue weighted by atomic mass is 9.87. The number of aryl methyl sites for hydroxylation is 2. The molecule has 0 spiro atoms. The van der Waals surface area contributed by atoms with Crippen molar-refractivity contribution in [3.63, 3.8) is 0 Å². The number of fused-ring (bicyclic) bond motifs is 1. The quantitative estimate of drug-likeness (QED) is 0.921. The average Bonchev–Trinajstić information content (AvgIpc) is 2.92. The fourth-order valence-corrected chi connectivity index (χ4v) is 4.73.